The Hall–Kier alpha value is -4.06. The molecule has 2 aliphatic carbocycles. The van der Waals surface area contributed by atoms with E-state index in [0.717, 1.165) is 38.9 Å². The molecule has 1 saturated heterocycles. The number of hydrogen-bond acceptors (Lipinski definition) is 9. The summed E-state index contributed by atoms with van der Waals surface area (Å²) in [4.78, 5) is 29.7. The molecule has 0 spiro atoms. The van der Waals surface area contributed by atoms with Gasteiger partial charge in [-0.3, -0.25) is 4.79 Å². The molecule has 47 heavy (non-hydrogen) atoms. The number of likely N-dealkylation sites (tertiary alicyclic amines) is 1. The Balaban J connectivity index is 1.16. The van der Waals surface area contributed by atoms with Crippen molar-refractivity contribution in [2.24, 2.45) is 5.92 Å². The second kappa shape index (κ2) is 14.4. The van der Waals surface area contributed by atoms with Crippen LogP contribution in [-0.2, 0) is 4.79 Å². The second-order valence-corrected chi connectivity index (χ2v) is 13.3. The Kier molecular flexibility index (Phi) is 9.64. The number of aliphatic hydroxyl groups excluding tert-OH is 2. The lowest BCUT2D eigenvalue weighted by Crippen LogP contribution is -2.46. The molecular formula is C36H46N8O3. The van der Waals surface area contributed by atoms with Gasteiger partial charge in [-0.2, -0.15) is 9.97 Å². The third kappa shape index (κ3) is 6.97. The lowest BCUT2D eigenvalue weighted by Gasteiger charge is -2.27. The lowest BCUT2D eigenvalue weighted by atomic mass is 9.84. The molecule has 1 unspecified atom stereocenters. The fourth-order valence-electron chi connectivity index (χ4n) is 7.27. The minimum atomic E-state index is -1.08. The maximum atomic E-state index is 12.7. The lowest BCUT2D eigenvalue weighted by molar-refractivity contribution is -0.129. The van der Waals surface area contributed by atoms with Crippen LogP contribution in [0.5, 0.6) is 0 Å². The summed E-state index contributed by atoms with van der Waals surface area (Å²) in [6, 6.07) is 19.8. The van der Waals surface area contributed by atoms with E-state index < -0.39 is 24.3 Å². The number of nitrogens with one attached hydrogen (secondary N) is 3. The van der Waals surface area contributed by atoms with E-state index in [1.54, 1.807) is 6.33 Å². The number of aromatic nitrogens is 4. The van der Waals surface area contributed by atoms with Gasteiger partial charge in [0.15, 0.2) is 17.0 Å². The number of imidazole rings is 1. The van der Waals surface area contributed by atoms with E-state index in [-0.39, 0.29) is 17.7 Å². The molecule has 2 saturated carbocycles. The van der Waals surface area contributed by atoms with Crippen molar-refractivity contribution in [1.29, 1.82) is 0 Å². The van der Waals surface area contributed by atoms with Crippen molar-refractivity contribution in [3.63, 3.8) is 0 Å². The second-order valence-electron chi connectivity index (χ2n) is 13.3. The van der Waals surface area contributed by atoms with Gasteiger partial charge in [0.2, 0.25) is 11.9 Å². The summed E-state index contributed by atoms with van der Waals surface area (Å²) in [5, 5.41) is 32.2. The Morgan fingerprint density at radius 3 is 2.23 bits per heavy atom. The zero-order valence-electron chi connectivity index (χ0n) is 26.8. The summed E-state index contributed by atoms with van der Waals surface area (Å²) < 4.78 is 1.84. The number of hydrogen-bond donors (Lipinski definition) is 5. The van der Waals surface area contributed by atoms with Crippen LogP contribution in [0.1, 0.15) is 68.0 Å². The van der Waals surface area contributed by atoms with E-state index >= 15 is 0 Å². The first-order chi connectivity index (χ1) is 23.0. The molecule has 3 heterocycles. The fraction of sp³-hybridized carbons (Fsp3) is 0.500. The van der Waals surface area contributed by atoms with Crippen LogP contribution in [0.3, 0.4) is 0 Å². The van der Waals surface area contributed by atoms with Crippen LogP contribution in [0.4, 0.5) is 11.8 Å². The highest BCUT2D eigenvalue weighted by Gasteiger charge is 2.44. The van der Waals surface area contributed by atoms with E-state index in [4.69, 9.17) is 15.0 Å². The first kappa shape index (κ1) is 31.5. The molecule has 5 N–H and O–H groups in total. The molecule has 1 amide bonds. The Labute approximate surface area is 275 Å². The standard InChI is InChI=1S/C36H46N8O3/c45-31-28(40-35(47)26-15-10-16-26)21-29(32(31)46)44-23-39-30-33(41-36(42-34(30)44)37-17-20-43-18-8-3-9-19-43)38-22-27(24-11-4-1-5-12-24)25-13-6-2-7-14-25/h1-2,4-7,11-14,23,26-29,31-32,45-46H,3,8-10,15-22H2,(H,40,47)(H2,37,38,41,42)/t28-,29?,31+,32-/m0/s1. The van der Waals surface area contributed by atoms with Gasteiger partial charge in [-0.05, 0) is 56.3 Å². The highest BCUT2D eigenvalue weighted by Crippen LogP contribution is 2.36. The Bertz CT molecular complexity index is 1580. The summed E-state index contributed by atoms with van der Waals surface area (Å²) in [5.74, 6) is 1.13. The van der Waals surface area contributed by atoms with Gasteiger partial charge in [-0.25, -0.2) is 4.98 Å². The highest BCUT2D eigenvalue weighted by atomic mass is 16.3. The van der Waals surface area contributed by atoms with Gasteiger partial charge in [0, 0.05) is 31.5 Å². The molecule has 2 aromatic carbocycles. The molecule has 248 valence electrons. The maximum Gasteiger partial charge on any atom is 0.226 e. The van der Waals surface area contributed by atoms with Gasteiger partial charge >= 0.3 is 0 Å². The summed E-state index contributed by atoms with van der Waals surface area (Å²) in [5.41, 5.74) is 3.55. The van der Waals surface area contributed by atoms with E-state index in [9.17, 15) is 15.0 Å². The van der Waals surface area contributed by atoms with Gasteiger partial charge < -0.3 is 35.6 Å². The molecule has 0 bridgehead atoms. The first-order valence-electron chi connectivity index (χ1n) is 17.3. The van der Waals surface area contributed by atoms with Crippen LogP contribution < -0.4 is 16.0 Å². The predicted octanol–water partition coefficient (Wildman–Crippen LogP) is 3.92. The minimum absolute atomic E-state index is 0.00279. The normalized spacial score (nSPS) is 23.6. The SMILES string of the molecule is O=C(N[C@H]1CC(n2cnc3c(NCC(c4ccccc4)c4ccccc4)nc(NCCN4CCCCC4)nc32)[C@H](O)[C@@H]1O)C1CCC1. The number of fused-ring (bicyclic) bond motifs is 1. The molecule has 11 nitrogen and oxygen atoms in total. The van der Waals surface area contributed by atoms with Crippen molar-refractivity contribution in [3.8, 4) is 0 Å². The maximum absolute atomic E-state index is 12.7. The van der Waals surface area contributed by atoms with Crippen molar-refractivity contribution in [3.05, 3.63) is 78.1 Å². The number of anilines is 2. The average Bonchev–Trinajstić information content (AvgIpc) is 3.62. The van der Waals surface area contributed by atoms with Crippen LogP contribution in [0.25, 0.3) is 11.2 Å². The molecule has 0 radical (unpaired) electrons. The molecule has 1 aliphatic heterocycles. The first-order valence-corrected chi connectivity index (χ1v) is 17.3. The van der Waals surface area contributed by atoms with E-state index in [1.165, 1.54) is 30.4 Å². The third-order valence-corrected chi connectivity index (χ3v) is 10.3. The smallest absolute Gasteiger partial charge is 0.226 e. The largest absolute Gasteiger partial charge is 0.388 e. The number of rotatable bonds is 12. The van der Waals surface area contributed by atoms with Gasteiger partial charge in [0.25, 0.3) is 0 Å². The molecule has 11 heteroatoms. The number of carbonyl (C=O) groups is 1. The van der Waals surface area contributed by atoms with Crippen LogP contribution in [-0.4, -0.2) is 91.5 Å². The van der Waals surface area contributed by atoms with Crippen LogP contribution in [0.15, 0.2) is 67.0 Å². The number of piperidine rings is 1. The van der Waals surface area contributed by atoms with Crippen LogP contribution in [0, 0.1) is 5.92 Å². The van der Waals surface area contributed by atoms with Crippen molar-refractivity contribution >= 4 is 28.8 Å². The van der Waals surface area contributed by atoms with Gasteiger partial charge in [-0.1, -0.05) is 73.5 Å². The summed E-state index contributed by atoms with van der Waals surface area (Å²) in [6.07, 6.45) is 6.45. The minimum Gasteiger partial charge on any atom is -0.388 e. The van der Waals surface area contributed by atoms with E-state index in [2.05, 4.69) is 69.4 Å². The van der Waals surface area contributed by atoms with Gasteiger partial charge in [0.05, 0.1) is 18.4 Å². The summed E-state index contributed by atoms with van der Waals surface area (Å²) in [6.45, 7) is 4.42. The average molecular weight is 639 g/mol. The topological polar surface area (TPSA) is 140 Å². The number of amides is 1. The molecular weight excluding hydrogens is 592 g/mol. The molecule has 2 aromatic heterocycles. The number of aliphatic hydroxyl groups is 2. The zero-order chi connectivity index (χ0) is 32.2. The van der Waals surface area contributed by atoms with Crippen molar-refractivity contribution in [2.45, 2.75) is 75.2 Å². The number of benzene rings is 2. The van der Waals surface area contributed by atoms with Crippen molar-refractivity contribution in [1.82, 2.24) is 29.7 Å². The Morgan fingerprint density at radius 1 is 0.872 bits per heavy atom. The van der Waals surface area contributed by atoms with Gasteiger partial charge in [0.1, 0.15) is 12.2 Å². The van der Waals surface area contributed by atoms with Gasteiger partial charge in [-0.15, -0.1) is 0 Å². The quantitative estimate of drug-likeness (QED) is 0.156. The molecule has 4 aromatic rings. The number of carbonyl (C=O) groups excluding carboxylic acids is 1. The van der Waals surface area contributed by atoms with Crippen molar-refractivity contribution < 1.29 is 15.0 Å². The predicted molar refractivity (Wildman–Crippen MR) is 182 cm³/mol. The molecule has 4 atom stereocenters. The zero-order valence-corrected chi connectivity index (χ0v) is 26.8. The molecule has 7 rings (SSSR count). The van der Waals surface area contributed by atoms with E-state index in [1.807, 2.05) is 16.7 Å². The fourth-order valence-corrected chi connectivity index (χ4v) is 7.27. The summed E-state index contributed by atoms with van der Waals surface area (Å²) in [7, 11) is 0. The third-order valence-electron chi connectivity index (χ3n) is 10.3. The van der Waals surface area contributed by atoms with Crippen LogP contribution >= 0.6 is 0 Å². The highest BCUT2D eigenvalue weighted by molar-refractivity contribution is 5.84. The Morgan fingerprint density at radius 2 is 1.57 bits per heavy atom. The van der Waals surface area contributed by atoms with E-state index in [0.29, 0.717) is 42.4 Å². The van der Waals surface area contributed by atoms with Crippen LogP contribution in [0.2, 0.25) is 0 Å². The summed E-state index contributed by atoms with van der Waals surface area (Å²) >= 11 is 0. The van der Waals surface area contributed by atoms with Crippen molar-refractivity contribution in [2.75, 3.05) is 43.4 Å². The molecule has 3 aliphatic rings. The number of nitrogens with zero attached hydrogens (tertiary/aromatic N) is 5. The monoisotopic (exact) mass is 638 g/mol. The molecule has 3 fully saturated rings.